The molecule has 0 aliphatic heterocycles. The number of hydrogen-bond donors (Lipinski definition) is 0. The van der Waals surface area contributed by atoms with Crippen LogP contribution in [0.5, 0.6) is 0 Å². The summed E-state index contributed by atoms with van der Waals surface area (Å²) < 4.78 is 0. The molecule has 0 N–H and O–H groups in total. The first-order valence-electron chi connectivity index (χ1n) is 12.4. The summed E-state index contributed by atoms with van der Waals surface area (Å²) in [5.74, 6) is 8.16. The van der Waals surface area contributed by atoms with E-state index >= 15 is 0 Å². The summed E-state index contributed by atoms with van der Waals surface area (Å²) in [5, 5.41) is 0. The van der Waals surface area contributed by atoms with Crippen molar-refractivity contribution < 1.29 is 39.6 Å². The first-order chi connectivity index (χ1) is 12.8. The summed E-state index contributed by atoms with van der Waals surface area (Å²) in [6.07, 6.45) is 2.20. The Morgan fingerprint density at radius 3 is 1.23 bits per heavy atom. The molecule has 0 saturated heterocycles. The predicted octanol–water partition coefficient (Wildman–Crippen LogP) is 9.99. The van der Waals surface area contributed by atoms with Gasteiger partial charge >= 0.3 is 0 Å². The fourth-order valence-corrected chi connectivity index (χ4v) is 4.49. The maximum absolute atomic E-state index is 2.45. The van der Waals surface area contributed by atoms with Crippen LogP contribution in [-0.4, -0.2) is 0 Å². The molecule has 0 aromatic rings. The van der Waals surface area contributed by atoms with Gasteiger partial charge in [-0.3, -0.25) is 0 Å². The second kappa shape index (κ2) is 16.8. The van der Waals surface area contributed by atoms with Gasteiger partial charge in [-0.05, 0) is 52.3 Å². The third-order valence-corrected chi connectivity index (χ3v) is 9.36. The largest absolute Gasteiger partial charge is 0.358 e. The molecule has 0 bridgehead atoms. The summed E-state index contributed by atoms with van der Waals surface area (Å²) in [7, 11) is 0. The molecule has 1 aliphatic rings. The predicted molar refractivity (Wildman–Crippen MR) is 137 cm³/mol. The Hall–Kier alpha value is 1.27. The molecule has 0 aromatic heterocycles. The molecular formula is C29H60VW-2. The molecule has 0 aromatic carbocycles. The van der Waals surface area contributed by atoms with Gasteiger partial charge in [-0.15, -0.1) is 6.92 Å². The molecule has 6 atom stereocenters. The van der Waals surface area contributed by atoms with Crippen molar-refractivity contribution in [2.75, 3.05) is 0 Å². The molecular weight excluding hydrogens is 583 g/mol. The Balaban J connectivity index is -0.000000180. The average Bonchev–Trinajstić information content (AvgIpc) is 2.62. The van der Waals surface area contributed by atoms with Crippen molar-refractivity contribution in [3.63, 3.8) is 0 Å². The fraction of sp³-hybridized carbons (Fsp3) is 0.931. The molecule has 0 nitrogen and oxygen atoms in total. The van der Waals surface area contributed by atoms with Crippen LogP contribution in [0, 0.1) is 70.5 Å². The Labute approximate surface area is 226 Å². The molecule has 6 unspecified atom stereocenters. The SMILES string of the molecule is CC(C)C(C)C(C)(C)C.CC1C(C)C(C)C(C)(C)C(C)C1C.C[CH-]C(C)[C-](C)C.[V].[W]. The van der Waals surface area contributed by atoms with Gasteiger partial charge in [-0.25, -0.2) is 0 Å². The van der Waals surface area contributed by atoms with E-state index in [1.807, 2.05) is 0 Å². The minimum atomic E-state index is 0. The van der Waals surface area contributed by atoms with Crippen LogP contribution in [0.2, 0.25) is 0 Å². The van der Waals surface area contributed by atoms with E-state index in [0.717, 1.165) is 41.4 Å². The second-order valence-corrected chi connectivity index (χ2v) is 12.6. The Kier molecular flexibility index (Phi) is 21.4. The maximum atomic E-state index is 2.45. The molecule has 1 aliphatic carbocycles. The van der Waals surface area contributed by atoms with Gasteiger partial charge in [0.2, 0.25) is 0 Å². The summed E-state index contributed by atoms with van der Waals surface area (Å²) in [4.78, 5) is 0. The van der Waals surface area contributed by atoms with Crippen LogP contribution >= 0.6 is 0 Å². The quantitative estimate of drug-likeness (QED) is 0.269. The van der Waals surface area contributed by atoms with Crippen molar-refractivity contribution in [2.24, 2.45) is 58.2 Å². The minimum Gasteiger partial charge on any atom is -0.358 e. The molecule has 189 valence electrons. The van der Waals surface area contributed by atoms with Crippen LogP contribution in [0.25, 0.3) is 0 Å². The van der Waals surface area contributed by atoms with Gasteiger partial charge < -0.3 is 18.3 Å². The number of rotatable bonds is 3. The topological polar surface area (TPSA) is 0 Å². The molecule has 2 heteroatoms. The second-order valence-electron chi connectivity index (χ2n) is 12.6. The summed E-state index contributed by atoms with van der Waals surface area (Å²) in [5.41, 5.74) is 1.000. The van der Waals surface area contributed by atoms with Gasteiger partial charge in [-0.1, -0.05) is 90.0 Å². The van der Waals surface area contributed by atoms with E-state index in [2.05, 4.69) is 124 Å². The zero-order valence-corrected chi connectivity index (χ0v) is 28.9. The molecule has 1 radical (unpaired) electrons. The van der Waals surface area contributed by atoms with Crippen molar-refractivity contribution in [3.8, 4) is 0 Å². The van der Waals surface area contributed by atoms with Crippen molar-refractivity contribution >= 4 is 0 Å². The average molecular weight is 644 g/mol. The first-order valence-corrected chi connectivity index (χ1v) is 12.4. The summed E-state index contributed by atoms with van der Waals surface area (Å²) >= 11 is 0. The normalized spacial score (nSPS) is 29.3. The van der Waals surface area contributed by atoms with Crippen LogP contribution in [0.3, 0.4) is 0 Å². The zero-order chi connectivity index (χ0) is 23.9. The van der Waals surface area contributed by atoms with Crippen molar-refractivity contribution in [3.05, 3.63) is 12.3 Å². The van der Waals surface area contributed by atoms with Gasteiger partial charge in [0.15, 0.2) is 0 Å². The van der Waals surface area contributed by atoms with E-state index in [0.29, 0.717) is 16.7 Å². The Morgan fingerprint density at radius 1 is 0.774 bits per heavy atom. The fourth-order valence-electron chi connectivity index (χ4n) is 4.49. The van der Waals surface area contributed by atoms with Gasteiger partial charge in [0.25, 0.3) is 0 Å². The van der Waals surface area contributed by atoms with Gasteiger partial charge in [0.1, 0.15) is 0 Å². The minimum absolute atomic E-state index is 0. The van der Waals surface area contributed by atoms with E-state index in [4.69, 9.17) is 0 Å². The standard InChI is InChI=1S/C13H26.C9H20.C7H14.V.W/c1-8-9(2)11(4)13(6,7)12(5)10(8)3;1-7(2)8(3)9(4,5)6;1-5-7(4)6(2)3;;/h8-12H,1-7H3;7-8H,1-6H3;5,7H,1-4H3;;/q;;-2;;. The summed E-state index contributed by atoms with van der Waals surface area (Å²) in [6, 6.07) is 0. The van der Waals surface area contributed by atoms with E-state index in [-0.39, 0.29) is 39.6 Å². The van der Waals surface area contributed by atoms with E-state index in [1.54, 1.807) is 0 Å². The van der Waals surface area contributed by atoms with Crippen molar-refractivity contribution in [1.29, 1.82) is 0 Å². The van der Waals surface area contributed by atoms with Crippen LogP contribution in [0.15, 0.2) is 0 Å². The van der Waals surface area contributed by atoms with E-state index < -0.39 is 0 Å². The van der Waals surface area contributed by atoms with Gasteiger partial charge in [0, 0.05) is 39.6 Å². The molecule has 1 saturated carbocycles. The third kappa shape index (κ3) is 13.1. The molecule has 1 rings (SSSR count). The van der Waals surface area contributed by atoms with Crippen LogP contribution in [-0.2, 0) is 39.6 Å². The van der Waals surface area contributed by atoms with E-state index in [9.17, 15) is 0 Å². The van der Waals surface area contributed by atoms with Crippen LogP contribution in [0.4, 0.5) is 0 Å². The third-order valence-electron chi connectivity index (χ3n) is 9.36. The summed E-state index contributed by atoms with van der Waals surface area (Å²) in [6.45, 7) is 39.5. The maximum Gasteiger partial charge on any atom is 0 e. The Morgan fingerprint density at radius 2 is 1.10 bits per heavy atom. The first kappa shape index (κ1) is 39.5. The number of hydrogen-bond acceptors (Lipinski definition) is 0. The smallest absolute Gasteiger partial charge is 0 e. The van der Waals surface area contributed by atoms with Crippen LogP contribution in [0.1, 0.15) is 118 Å². The van der Waals surface area contributed by atoms with Gasteiger partial charge in [0.05, 0.1) is 0 Å². The molecule has 1 fully saturated rings. The molecule has 0 spiro atoms. The zero-order valence-electron chi connectivity index (χ0n) is 24.6. The van der Waals surface area contributed by atoms with E-state index in [1.165, 1.54) is 5.92 Å². The monoisotopic (exact) mass is 643 g/mol. The molecule has 0 amide bonds. The molecule has 0 heterocycles. The Bertz CT molecular complexity index is 403. The van der Waals surface area contributed by atoms with Gasteiger partial charge in [-0.2, -0.15) is 20.8 Å². The molecule has 31 heavy (non-hydrogen) atoms. The van der Waals surface area contributed by atoms with Crippen LogP contribution < -0.4 is 0 Å². The van der Waals surface area contributed by atoms with Crippen molar-refractivity contribution in [2.45, 2.75) is 118 Å². The van der Waals surface area contributed by atoms with Crippen molar-refractivity contribution in [1.82, 2.24) is 0 Å².